The van der Waals surface area contributed by atoms with E-state index in [0.717, 1.165) is 0 Å². The van der Waals surface area contributed by atoms with Crippen LogP contribution in [0, 0.1) is 0 Å². The molecule has 0 aromatic carbocycles. The van der Waals surface area contributed by atoms with Gasteiger partial charge in [-0.15, -0.1) is 0 Å². The lowest BCUT2D eigenvalue weighted by Crippen LogP contribution is -2.64. The predicted molar refractivity (Wildman–Crippen MR) is 55.6 cm³/mol. The number of hydrogen-bond donors (Lipinski definition) is 4. The van der Waals surface area contributed by atoms with Gasteiger partial charge >= 0.3 is 0 Å². The molecule has 0 aliphatic carbocycles. The molecule has 1 unspecified atom stereocenters. The normalized spacial score (nSPS) is 35.4. The lowest BCUT2D eigenvalue weighted by molar-refractivity contribution is -0.256. The van der Waals surface area contributed by atoms with Crippen molar-refractivity contribution in [2.45, 2.75) is 37.6 Å². The predicted octanol–water partition coefficient (Wildman–Crippen LogP) is -1.83. The van der Waals surface area contributed by atoms with E-state index in [1.54, 1.807) is 0 Å². The van der Waals surface area contributed by atoms with Crippen LogP contribution in [0.5, 0.6) is 0 Å². The van der Waals surface area contributed by atoms with Crippen molar-refractivity contribution in [2.75, 3.05) is 6.61 Å². The Labute approximate surface area is 102 Å². The first kappa shape index (κ1) is 14.5. The number of hydrogen-bond acceptors (Lipinski definition) is 7. The molecule has 1 rings (SSSR count). The highest BCUT2D eigenvalue weighted by Crippen LogP contribution is 2.20. The van der Waals surface area contributed by atoms with Crippen molar-refractivity contribution in [3.8, 4) is 0 Å². The minimum atomic E-state index is -1.51. The van der Waals surface area contributed by atoms with Crippen LogP contribution in [0.4, 0.5) is 0 Å². The van der Waals surface area contributed by atoms with Crippen LogP contribution < -0.4 is 5.32 Å². The van der Waals surface area contributed by atoms with Crippen LogP contribution in [-0.4, -0.2) is 58.5 Å². The van der Waals surface area contributed by atoms with Crippen molar-refractivity contribution >= 4 is 5.91 Å². The standard InChI is InChI=1S/C8H14N4O6/c1-3(13)10-5-7(15)6(14)4(18-8(5)16)2-17-12-11-9/h4-8,14-16H,2H2,1H3,(H,10,13)/t4-,5+,6-,7-,8?/m1/s1. The van der Waals surface area contributed by atoms with Gasteiger partial charge in [-0.05, 0) is 5.53 Å². The molecule has 1 aliphatic heterocycles. The fourth-order valence-electron chi connectivity index (χ4n) is 1.61. The molecule has 0 spiro atoms. The van der Waals surface area contributed by atoms with E-state index in [1.165, 1.54) is 6.92 Å². The highest BCUT2D eigenvalue weighted by Gasteiger charge is 2.44. The number of ether oxygens (including phenoxy) is 1. The third-order valence-electron chi connectivity index (χ3n) is 2.42. The molecule has 1 fully saturated rings. The summed E-state index contributed by atoms with van der Waals surface area (Å²) in [5.74, 6) is -0.488. The van der Waals surface area contributed by atoms with Gasteiger partial charge in [0, 0.05) is 11.8 Å². The molecule has 18 heavy (non-hydrogen) atoms. The summed E-state index contributed by atoms with van der Waals surface area (Å²) >= 11 is 0. The number of carbonyl (C=O) groups excluding carboxylic acids is 1. The molecule has 4 N–H and O–H groups in total. The zero-order chi connectivity index (χ0) is 13.7. The molecule has 1 aliphatic rings. The summed E-state index contributed by atoms with van der Waals surface area (Å²) in [5, 5.41) is 34.0. The molecule has 102 valence electrons. The van der Waals surface area contributed by atoms with Gasteiger partial charge in [0.15, 0.2) is 6.29 Å². The monoisotopic (exact) mass is 262 g/mol. The Morgan fingerprint density at radius 2 is 2.17 bits per heavy atom. The second-order valence-corrected chi connectivity index (χ2v) is 3.74. The number of nitrogens with one attached hydrogen (secondary N) is 1. The summed E-state index contributed by atoms with van der Waals surface area (Å²) in [6.07, 6.45) is -5.42. The van der Waals surface area contributed by atoms with Crippen LogP contribution in [0.3, 0.4) is 0 Å². The molecule has 0 aromatic rings. The van der Waals surface area contributed by atoms with Gasteiger partial charge in [0.2, 0.25) is 5.91 Å². The minimum absolute atomic E-state index is 0.341. The van der Waals surface area contributed by atoms with E-state index >= 15 is 0 Å². The fraction of sp³-hybridized carbons (Fsp3) is 0.875. The highest BCUT2D eigenvalue weighted by atomic mass is 16.7. The number of aliphatic hydroxyl groups excluding tert-OH is 3. The van der Waals surface area contributed by atoms with Crippen molar-refractivity contribution in [1.29, 1.82) is 0 Å². The smallest absolute Gasteiger partial charge is 0.217 e. The lowest BCUT2D eigenvalue weighted by atomic mass is 9.97. The van der Waals surface area contributed by atoms with Gasteiger partial charge in [-0.3, -0.25) is 4.79 Å². The molecule has 10 nitrogen and oxygen atoms in total. The van der Waals surface area contributed by atoms with E-state index < -0.39 is 36.6 Å². The quantitative estimate of drug-likeness (QED) is 0.202. The number of nitrogens with zero attached hydrogens (tertiary/aromatic N) is 3. The summed E-state index contributed by atoms with van der Waals surface area (Å²) in [6, 6.07) is -1.15. The Morgan fingerprint density at radius 1 is 1.50 bits per heavy atom. The number of amides is 1. The highest BCUT2D eigenvalue weighted by molar-refractivity contribution is 5.73. The van der Waals surface area contributed by atoms with E-state index in [-0.39, 0.29) is 6.61 Å². The topological polar surface area (TPSA) is 157 Å². The van der Waals surface area contributed by atoms with Crippen LogP contribution in [0.2, 0.25) is 0 Å². The Hall–Kier alpha value is -1.58. The molecule has 5 atom stereocenters. The van der Waals surface area contributed by atoms with E-state index in [9.17, 15) is 20.1 Å². The van der Waals surface area contributed by atoms with Crippen LogP contribution >= 0.6 is 0 Å². The third-order valence-corrected chi connectivity index (χ3v) is 2.42. The number of aliphatic hydroxyl groups is 3. The summed E-state index contributed by atoms with van der Waals surface area (Å²) in [7, 11) is 0. The summed E-state index contributed by atoms with van der Waals surface area (Å²) in [6.45, 7) is 0.856. The van der Waals surface area contributed by atoms with Crippen LogP contribution in [0.1, 0.15) is 6.92 Å². The molecular formula is C8H14N4O6. The molecule has 0 bridgehead atoms. The van der Waals surface area contributed by atoms with Gasteiger partial charge < -0.3 is 30.2 Å². The van der Waals surface area contributed by atoms with Crippen LogP contribution in [-0.2, 0) is 14.4 Å². The second kappa shape index (κ2) is 6.38. The zero-order valence-corrected chi connectivity index (χ0v) is 9.50. The first-order valence-corrected chi connectivity index (χ1v) is 5.10. The maximum atomic E-state index is 10.9. The average Bonchev–Trinajstić information content (AvgIpc) is 2.31. The molecule has 0 saturated carbocycles. The third kappa shape index (κ3) is 3.45. The van der Waals surface area contributed by atoms with E-state index in [4.69, 9.17) is 10.3 Å². The number of azide groups is 1. The summed E-state index contributed by atoms with van der Waals surface area (Å²) in [4.78, 5) is 17.6. The molecule has 1 heterocycles. The SMILES string of the molecule is CC(=O)N[C@@H]1C(O)O[C@H](CON=[N+]=[N-])[C@@H](O)[C@@H]1O. The van der Waals surface area contributed by atoms with Gasteiger partial charge in [0.1, 0.15) is 36.2 Å². The van der Waals surface area contributed by atoms with E-state index in [2.05, 4.69) is 20.3 Å². The van der Waals surface area contributed by atoms with E-state index in [1.807, 2.05) is 0 Å². The molecule has 0 aromatic heterocycles. The molecule has 1 amide bonds. The Kier molecular flexibility index (Phi) is 5.13. The Balaban J connectivity index is 2.64. The summed E-state index contributed by atoms with van der Waals surface area (Å²) in [5.41, 5.74) is 7.99. The van der Waals surface area contributed by atoms with Crippen LogP contribution in [0.15, 0.2) is 5.28 Å². The van der Waals surface area contributed by atoms with Crippen molar-refractivity contribution in [1.82, 2.24) is 5.32 Å². The molecule has 10 heteroatoms. The van der Waals surface area contributed by atoms with Crippen LogP contribution in [0.25, 0.3) is 10.4 Å². The first-order valence-electron chi connectivity index (χ1n) is 5.10. The second-order valence-electron chi connectivity index (χ2n) is 3.74. The maximum absolute atomic E-state index is 10.9. The minimum Gasteiger partial charge on any atom is -0.431 e. The van der Waals surface area contributed by atoms with Gasteiger partial charge in [-0.1, -0.05) is 0 Å². The van der Waals surface area contributed by atoms with Gasteiger partial charge in [-0.2, -0.15) is 0 Å². The largest absolute Gasteiger partial charge is 0.431 e. The van der Waals surface area contributed by atoms with Gasteiger partial charge in [0.05, 0.1) is 0 Å². The van der Waals surface area contributed by atoms with Crippen molar-refractivity contribution < 1.29 is 29.7 Å². The number of carbonyl (C=O) groups is 1. The Bertz CT molecular complexity index is 344. The maximum Gasteiger partial charge on any atom is 0.217 e. The van der Waals surface area contributed by atoms with Crippen molar-refractivity contribution in [3.63, 3.8) is 0 Å². The molecule has 0 radical (unpaired) electrons. The van der Waals surface area contributed by atoms with Gasteiger partial charge in [-0.25, -0.2) is 0 Å². The molecule has 1 saturated heterocycles. The van der Waals surface area contributed by atoms with Crippen molar-refractivity contribution in [3.05, 3.63) is 10.4 Å². The average molecular weight is 262 g/mol. The first-order chi connectivity index (χ1) is 8.47. The lowest BCUT2D eigenvalue weighted by Gasteiger charge is -2.40. The Morgan fingerprint density at radius 3 is 2.72 bits per heavy atom. The van der Waals surface area contributed by atoms with E-state index in [0.29, 0.717) is 0 Å². The number of rotatable bonds is 4. The zero-order valence-electron chi connectivity index (χ0n) is 9.50. The molecular weight excluding hydrogens is 248 g/mol. The fourth-order valence-corrected chi connectivity index (χ4v) is 1.61. The summed E-state index contributed by atoms with van der Waals surface area (Å²) < 4.78 is 4.95. The van der Waals surface area contributed by atoms with Gasteiger partial charge in [0.25, 0.3) is 0 Å². The van der Waals surface area contributed by atoms with Crippen molar-refractivity contribution in [2.24, 2.45) is 5.28 Å².